The summed E-state index contributed by atoms with van der Waals surface area (Å²) in [7, 11) is 0. The smallest absolute Gasteiger partial charge is 0.303 e. The summed E-state index contributed by atoms with van der Waals surface area (Å²) in [4.78, 5) is 11.0. The third-order valence-electron chi connectivity index (χ3n) is 2.95. The van der Waals surface area contributed by atoms with Gasteiger partial charge in [0.15, 0.2) is 18.2 Å². The van der Waals surface area contributed by atoms with E-state index in [1.807, 2.05) is 0 Å². The Kier molecular flexibility index (Phi) is 3.61. The van der Waals surface area contributed by atoms with Crippen LogP contribution in [0.4, 0.5) is 0 Å². The number of carbonyl (C=O) groups excluding carboxylic acids is 1. The summed E-state index contributed by atoms with van der Waals surface area (Å²) in [6.07, 6.45) is -4.89. The number of hydrogen-bond donors (Lipinski definition) is 2. The predicted octanol–water partition coefficient (Wildman–Crippen LogP) is -0.852. The van der Waals surface area contributed by atoms with Crippen LogP contribution in [0, 0.1) is 0 Å². The van der Waals surface area contributed by atoms with E-state index < -0.39 is 42.5 Å². The highest BCUT2D eigenvalue weighted by Gasteiger charge is 2.52. The lowest BCUT2D eigenvalue weighted by atomic mass is 10.1. The van der Waals surface area contributed by atoms with Crippen LogP contribution in [-0.4, -0.2) is 59.3 Å². The molecule has 0 radical (unpaired) electrons. The van der Waals surface area contributed by atoms with Gasteiger partial charge in [0.1, 0.15) is 18.3 Å². The number of esters is 1. The van der Waals surface area contributed by atoms with Crippen molar-refractivity contribution in [1.29, 1.82) is 0 Å². The fourth-order valence-corrected chi connectivity index (χ4v) is 2.18. The maximum atomic E-state index is 11.0. The highest BCUT2D eigenvalue weighted by molar-refractivity contribution is 5.66. The van der Waals surface area contributed by atoms with E-state index in [0.29, 0.717) is 0 Å². The molecule has 18 heavy (non-hydrogen) atoms. The van der Waals surface area contributed by atoms with E-state index in [0.717, 1.165) is 0 Å². The van der Waals surface area contributed by atoms with E-state index in [4.69, 9.17) is 18.9 Å². The molecule has 7 heteroatoms. The van der Waals surface area contributed by atoms with Gasteiger partial charge in [0, 0.05) is 6.92 Å². The fraction of sp³-hybridized carbons (Fsp3) is 0.909. The molecule has 0 aliphatic carbocycles. The third kappa shape index (κ3) is 2.65. The second-order valence-electron chi connectivity index (χ2n) is 4.92. The van der Waals surface area contributed by atoms with E-state index in [-0.39, 0.29) is 6.61 Å². The summed E-state index contributed by atoms with van der Waals surface area (Å²) in [5.41, 5.74) is 0. The largest absolute Gasteiger partial charge is 0.457 e. The van der Waals surface area contributed by atoms with E-state index in [2.05, 4.69) is 0 Å². The molecule has 0 amide bonds. The molecule has 7 nitrogen and oxygen atoms in total. The maximum Gasteiger partial charge on any atom is 0.303 e. The van der Waals surface area contributed by atoms with Crippen molar-refractivity contribution in [3.63, 3.8) is 0 Å². The first kappa shape index (κ1) is 13.7. The van der Waals surface area contributed by atoms with Gasteiger partial charge in [0.05, 0.1) is 6.61 Å². The molecule has 2 aliphatic heterocycles. The Labute approximate surface area is 105 Å². The van der Waals surface area contributed by atoms with Crippen LogP contribution in [0.5, 0.6) is 0 Å². The standard InChI is InChI=1S/C11H18O7/c1-5(12)16-9-7(13)10(14)17-8(9)6-4-15-11(2,3)18-6/h6-10,13-14H,4H2,1-3H3/t6-,7-,8-,9-,10+/m1/s1. The molecule has 0 spiro atoms. The normalized spacial score (nSPS) is 43.1. The first-order chi connectivity index (χ1) is 8.30. The SMILES string of the molecule is CC(=O)O[C@@H]1[C@@H](O)[C@@H](O)O[C@@H]1[C@H]1COC(C)(C)O1. The first-order valence-electron chi connectivity index (χ1n) is 5.81. The minimum absolute atomic E-state index is 0.245. The van der Waals surface area contributed by atoms with Gasteiger partial charge in [-0.15, -0.1) is 0 Å². The number of rotatable bonds is 2. The Morgan fingerprint density at radius 1 is 1.39 bits per heavy atom. The summed E-state index contributed by atoms with van der Waals surface area (Å²) in [5, 5.41) is 19.2. The van der Waals surface area contributed by atoms with Crippen LogP contribution in [-0.2, 0) is 23.7 Å². The van der Waals surface area contributed by atoms with Crippen molar-refractivity contribution in [1.82, 2.24) is 0 Å². The van der Waals surface area contributed by atoms with Crippen LogP contribution in [0.25, 0.3) is 0 Å². The van der Waals surface area contributed by atoms with Gasteiger partial charge in [-0.25, -0.2) is 0 Å². The van der Waals surface area contributed by atoms with Crippen molar-refractivity contribution in [3.05, 3.63) is 0 Å². The number of hydrogen-bond acceptors (Lipinski definition) is 7. The van der Waals surface area contributed by atoms with Gasteiger partial charge in [-0.3, -0.25) is 4.79 Å². The van der Waals surface area contributed by atoms with Crippen molar-refractivity contribution >= 4 is 5.97 Å². The van der Waals surface area contributed by atoms with Gasteiger partial charge >= 0.3 is 5.97 Å². The summed E-state index contributed by atoms with van der Waals surface area (Å²) in [5.74, 6) is -1.31. The summed E-state index contributed by atoms with van der Waals surface area (Å²) >= 11 is 0. The van der Waals surface area contributed by atoms with Crippen LogP contribution in [0.2, 0.25) is 0 Å². The molecule has 0 saturated carbocycles. The number of carbonyl (C=O) groups is 1. The summed E-state index contributed by atoms with van der Waals surface area (Å²) in [6, 6.07) is 0. The monoisotopic (exact) mass is 262 g/mol. The van der Waals surface area contributed by atoms with Gasteiger partial charge in [-0.05, 0) is 13.8 Å². The van der Waals surface area contributed by atoms with Crippen molar-refractivity contribution in [2.45, 2.75) is 57.3 Å². The Morgan fingerprint density at radius 3 is 2.56 bits per heavy atom. The van der Waals surface area contributed by atoms with Crippen LogP contribution < -0.4 is 0 Å². The lowest BCUT2D eigenvalue weighted by Gasteiger charge is -2.24. The molecule has 0 unspecified atom stereocenters. The molecule has 2 aliphatic rings. The van der Waals surface area contributed by atoms with Crippen molar-refractivity contribution in [3.8, 4) is 0 Å². The van der Waals surface area contributed by atoms with Crippen LogP contribution >= 0.6 is 0 Å². The minimum atomic E-state index is -1.40. The molecule has 2 heterocycles. The topological polar surface area (TPSA) is 94.5 Å². The molecular formula is C11H18O7. The summed E-state index contributed by atoms with van der Waals surface area (Å²) < 4.78 is 21.1. The molecule has 2 fully saturated rings. The van der Waals surface area contributed by atoms with E-state index >= 15 is 0 Å². The molecule has 0 aromatic heterocycles. The fourth-order valence-electron chi connectivity index (χ4n) is 2.18. The van der Waals surface area contributed by atoms with E-state index in [9.17, 15) is 15.0 Å². The molecule has 0 aromatic carbocycles. The molecule has 104 valence electrons. The lowest BCUT2D eigenvalue weighted by molar-refractivity contribution is -0.181. The van der Waals surface area contributed by atoms with E-state index in [1.54, 1.807) is 13.8 Å². The number of aliphatic hydroxyl groups excluding tert-OH is 2. The molecule has 2 rings (SSSR count). The van der Waals surface area contributed by atoms with Crippen molar-refractivity contribution in [2.24, 2.45) is 0 Å². The quantitative estimate of drug-likeness (QED) is 0.626. The lowest BCUT2D eigenvalue weighted by Crippen LogP contribution is -2.43. The highest BCUT2D eigenvalue weighted by atomic mass is 16.8. The molecule has 0 aromatic rings. The first-order valence-corrected chi connectivity index (χ1v) is 5.81. The Bertz CT molecular complexity index is 329. The molecule has 2 N–H and O–H groups in total. The Morgan fingerprint density at radius 2 is 2.06 bits per heavy atom. The molecule has 2 saturated heterocycles. The number of aliphatic hydroxyl groups is 2. The molecule has 0 bridgehead atoms. The van der Waals surface area contributed by atoms with Gasteiger partial charge in [0.25, 0.3) is 0 Å². The second-order valence-corrected chi connectivity index (χ2v) is 4.92. The summed E-state index contributed by atoms with van der Waals surface area (Å²) in [6.45, 7) is 4.96. The van der Waals surface area contributed by atoms with Crippen LogP contribution in [0.15, 0.2) is 0 Å². The Balaban J connectivity index is 2.08. The zero-order chi connectivity index (χ0) is 13.5. The zero-order valence-corrected chi connectivity index (χ0v) is 10.5. The van der Waals surface area contributed by atoms with Gasteiger partial charge < -0.3 is 29.2 Å². The highest BCUT2D eigenvalue weighted by Crippen LogP contribution is 2.32. The van der Waals surface area contributed by atoms with Gasteiger partial charge in [0.2, 0.25) is 0 Å². The maximum absolute atomic E-state index is 11.0. The minimum Gasteiger partial charge on any atom is -0.457 e. The average molecular weight is 262 g/mol. The molecule has 5 atom stereocenters. The number of ether oxygens (including phenoxy) is 4. The molecular weight excluding hydrogens is 244 g/mol. The van der Waals surface area contributed by atoms with Crippen LogP contribution in [0.3, 0.4) is 0 Å². The third-order valence-corrected chi connectivity index (χ3v) is 2.95. The second kappa shape index (κ2) is 4.75. The van der Waals surface area contributed by atoms with Crippen molar-refractivity contribution < 1.29 is 34.0 Å². The zero-order valence-electron chi connectivity index (χ0n) is 10.5. The van der Waals surface area contributed by atoms with Crippen LogP contribution in [0.1, 0.15) is 20.8 Å². The van der Waals surface area contributed by atoms with Gasteiger partial charge in [-0.2, -0.15) is 0 Å². The van der Waals surface area contributed by atoms with Crippen molar-refractivity contribution in [2.75, 3.05) is 6.61 Å². The Hall–Kier alpha value is -0.730. The predicted molar refractivity (Wildman–Crippen MR) is 57.3 cm³/mol. The average Bonchev–Trinajstić information content (AvgIpc) is 2.72. The van der Waals surface area contributed by atoms with E-state index in [1.165, 1.54) is 6.92 Å². The van der Waals surface area contributed by atoms with Gasteiger partial charge in [-0.1, -0.05) is 0 Å².